The Hall–Kier alpha value is -3.62. The number of nitrogens with one attached hydrogen (secondary N) is 2. The number of fused-ring (bicyclic) bond motifs is 1. The molecule has 1 aromatic carbocycles. The van der Waals surface area contributed by atoms with Gasteiger partial charge in [-0.1, -0.05) is 0 Å². The van der Waals surface area contributed by atoms with Gasteiger partial charge < -0.3 is 4.98 Å². The topological polar surface area (TPSA) is 95.9 Å². The van der Waals surface area contributed by atoms with Crippen LogP contribution in [0.15, 0.2) is 52.4 Å². The lowest BCUT2D eigenvalue weighted by atomic mass is 10.0. The molecule has 0 aliphatic heterocycles. The van der Waals surface area contributed by atoms with Crippen molar-refractivity contribution in [2.24, 2.45) is 0 Å². The number of aromatic amines is 2. The maximum absolute atomic E-state index is 14.2. The van der Waals surface area contributed by atoms with Gasteiger partial charge in [0, 0.05) is 24.2 Å². The third-order valence-electron chi connectivity index (χ3n) is 5.03. The molecule has 0 amide bonds. The number of rotatable bonds is 3. The van der Waals surface area contributed by atoms with E-state index in [1.54, 1.807) is 18.5 Å². The van der Waals surface area contributed by atoms with E-state index >= 15 is 0 Å². The van der Waals surface area contributed by atoms with Gasteiger partial charge in [0.05, 0.1) is 11.3 Å². The highest BCUT2D eigenvalue weighted by atomic mass is 19.1. The zero-order valence-corrected chi connectivity index (χ0v) is 14.3. The Morgan fingerprint density at radius 2 is 1.93 bits per heavy atom. The van der Waals surface area contributed by atoms with Gasteiger partial charge >= 0.3 is 5.69 Å². The summed E-state index contributed by atoms with van der Waals surface area (Å²) in [5, 5.41) is 4.37. The Labute approximate surface area is 155 Å². The van der Waals surface area contributed by atoms with E-state index in [2.05, 4.69) is 20.1 Å². The number of hydrogen-bond acceptors (Lipinski definition) is 4. The molecule has 0 spiro atoms. The van der Waals surface area contributed by atoms with Crippen LogP contribution < -0.4 is 11.2 Å². The molecule has 0 radical (unpaired) electrons. The Balaban J connectivity index is 1.62. The molecule has 1 aliphatic rings. The average molecular weight is 381 g/mol. The molecule has 7 nitrogen and oxygen atoms in total. The van der Waals surface area contributed by atoms with Gasteiger partial charge in [-0.05, 0) is 48.1 Å². The molecule has 9 heteroatoms. The van der Waals surface area contributed by atoms with E-state index in [-0.39, 0.29) is 17.4 Å². The molecule has 0 unspecified atom stereocenters. The second-order valence-electron chi connectivity index (χ2n) is 6.78. The van der Waals surface area contributed by atoms with Crippen molar-refractivity contribution in [2.75, 3.05) is 0 Å². The van der Waals surface area contributed by atoms with E-state index in [9.17, 15) is 18.4 Å². The molecular formula is C19H13F2N5O2. The van der Waals surface area contributed by atoms with E-state index in [1.165, 1.54) is 16.8 Å². The third kappa shape index (κ3) is 2.63. The van der Waals surface area contributed by atoms with E-state index < -0.39 is 22.9 Å². The van der Waals surface area contributed by atoms with Gasteiger partial charge in [0.25, 0.3) is 5.56 Å². The van der Waals surface area contributed by atoms with Gasteiger partial charge in [-0.2, -0.15) is 5.10 Å². The fourth-order valence-corrected chi connectivity index (χ4v) is 3.63. The van der Waals surface area contributed by atoms with E-state index in [0.717, 1.165) is 17.7 Å². The van der Waals surface area contributed by atoms with Crippen molar-refractivity contribution in [3.63, 3.8) is 0 Å². The van der Waals surface area contributed by atoms with Crippen LogP contribution >= 0.6 is 0 Å². The van der Waals surface area contributed by atoms with Gasteiger partial charge in [-0.15, -0.1) is 0 Å². The zero-order valence-electron chi connectivity index (χ0n) is 14.3. The highest BCUT2D eigenvalue weighted by Crippen LogP contribution is 2.56. The number of benzene rings is 1. The van der Waals surface area contributed by atoms with Gasteiger partial charge in [-0.25, -0.2) is 23.1 Å². The molecule has 3 aromatic heterocycles. The lowest BCUT2D eigenvalue weighted by Crippen LogP contribution is -2.23. The third-order valence-corrected chi connectivity index (χ3v) is 5.03. The number of H-pyrrole nitrogens is 2. The van der Waals surface area contributed by atoms with Crippen molar-refractivity contribution in [1.29, 1.82) is 0 Å². The van der Waals surface area contributed by atoms with Crippen molar-refractivity contribution in [3.8, 4) is 11.3 Å². The van der Waals surface area contributed by atoms with Gasteiger partial charge in [0.1, 0.15) is 11.6 Å². The van der Waals surface area contributed by atoms with Gasteiger partial charge in [0.15, 0.2) is 5.65 Å². The first kappa shape index (κ1) is 16.5. The van der Waals surface area contributed by atoms with Crippen LogP contribution in [0.4, 0.5) is 8.78 Å². The predicted octanol–water partition coefficient (Wildman–Crippen LogP) is 2.32. The highest BCUT2D eigenvalue weighted by molar-refractivity contribution is 5.63. The van der Waals surface area contributed by atoms with Crippen LogP contribution in [-0.4, -0.2) is 24.6 Å². The monoisotopic (exact) mass is 381 g/mol. The molecule has 4 aromatic rings. The smallest absolute Gasteiger partial charge is 0.313 e. The number of hydrogen-bond donors (Lipinski definition) is 2. The summed E-state index contributed by atoms with van der Waals surface area (Å²) in [6.45, 7) is 0. The normalized spacial score (nSPS) is 18.5. The maximum Gasteiger partial charge on any atom is 0.325 e. The van der Waals surface area contributed by atoms with Crippen LogP contribution in [0, 0.1) is 11.6 Å². The van der Waals surface area contributed by atoms with Crippen LogP contribution in [0.3, 0.4) is 0 Å². The number of nitrogens with zero attached hydrogens (tertiary/aromatic N) is 3. The van der Waals surface area contributed by atoms with Gasteiger partial charge in [0.2, 0.25) is 0 Å². The minimum atomic E-state index is -0.610. The van der Waals surface area contributed by atoms with E-state index in [4.69, 9.17) is 0 Å². The Morgan fingerprint density at radius 1 is 1.11 bits per heavy atom. The Kier molecular flexibility index (Phi) is 3.51. The zero-order chi connectivity index (χ0) is 19.4. The summed E-state index contributed by atoms with van der Waals surface area (Å²) in [5.41, 5.74) is 1.08. The molecule has 0 saturated heterocycles. The molecule has 1 fully saturated rings. The maximum atomic E-state index is 14.2. The van der Waals surface area contributed by atoms with Crippen molar-refractivity contribution in [3.05, 3.63) is 86.5 Å². The number of imidazole rings is 1. The van der Waals surface area contributed by atoms with Gasteiger partial charge in [-0.3, -0.25) is 9.78 Å². The van der Waals surface area contributed by atoms with E-state index in [1.807, 2.05) is 0 Å². The van der Waals surface area contributed by atoms with Crippen LogP contribution in [0.25, 0.3) is 16.9 Å². The molecule has 2 N–H and O–H groups in total. The van der Waals surface area contributed by atoms with Crippen LogP contribution in [0.5, 0.6) is 0 Å². The van der Waals surface area contributed by atoms with Crippen LogP contribution in [-0.2, 0) is 0 Å². The summed E-state index contributed by atoms with van der Waals surface area (Å²) < 4.78 is 29.3. The fourth-order valence-electron chi connectivity index (χ4n) is 3.63. The fraction of sp³-hybridized carbons (Fsp3) is 0.158. The molecule has 3 heterocycles. The first-order valence-electron chi connectivity index (χ1n) is 8.63. The minimum absolute atomic E-state index is 0.0789. The minimum Gasteiger partial charge on any atom is -0.313 e. The summed E-state index contributed by atoms with van der Waals surface area (Å²) in [6, 6.07) is 5.16. The Morgan fingerprint density at radius 3 is 2.75 bits per heavy atom. The quantitative estimate of drug-likeness (QED) is 0.569. The first-order valence-corrected chi connectivity index (χ1v) is 8.63. The molecule has 2 atom stereocenters. The molecular weight excluding hydrogens is 368 g/mol. The van der Waals surface area contributed by atoms with Crippen molar-refractivity contribution in [2.45, 2.75) is 18.3 Å². The SMILES string of the molecule is O=c1[nH]cc(-c2cc([C@H]3C[C@@H]3c3cc(F)ccc3F)c3nccn3n2)c(=O)[nH]1. The van der Waals surface area contributed by atoms with Crippen molar-refractivity contribution < 1.29 is 8.78 Å². The molecule has 0 bridgehead atoms. The summed E-state index contributed by atoms with van der Waals surface area (Å²) in [6.07, 6.45) is 5.15. The van der Waals surface area contributed by atoms with Crippen molar-refractivity contribution >= 4 is 5.65 Å². The second kappa shape index (κ2) is 5.95. The number of halogens is 2. The largest absolute Gasteiger partial charge is 0.325 e. The predicted molar refractivity (Wildman–Crippen MR) is 96.1 cm³/mol. The molecule has 28 heavy (non-hydrogen) atoms. The summed E-state index contributed by atoms with van der Waals surface area (Å²) >= 11 is 0. The molecule has 5 rings (SSSR count). The van der Waals surface area contributed by atoms with Crippen molar-refractivity contribution in [1.82, 2.24) is 24.6 Å². The molecule has 1 saturated carbocycles. The number of aromatic nitrogens is 5. The lowest BCUT2D eigenvalue weighted by molar-refractivity contribution is 0.585. The summed E-state index contributed by atoms with van der Waals surface area (Å²) in [7, 11) is 0. The molecule has 140 valence electrons. The lowest BCUT2D eigenvalue weighted by Gasteiger charge is -2.08. The van der Waals surface area contributed by atoms with Crippen LogP contribution in [0.1, 0.15) is 29.4 Å². The average Bonchev–Trinajstić information content (AvgIpc) is 3.31. The van der Waals surface area contributed by atoms with E-state index in [0.29, 0.717) is 23.3 Å². The highest BCUT2D eigenvalue weighted by Gasteiger charge is 2.43. The Bertz CT molecular complexity index is 1340. The standard InChI is InChI=1S/C19H13F2N5O2/c20-9-1-2-15(21)12(5-9)10-6-11(10)13-7-16(25-26-4-3-22-17(13)26)14-8-23-19(28)24-18(14)27/h1-5,7-8,10-11H,6H2,(H2,23,24,27,28)/t10-,11-/m0/s1. The molecule has 1 aliphatic carbocycles. The summed E-state index contributed by atoms with van der Waals surface area (Å²) in [5.74, 6) is -1.19. The van der Waals surface area contributed by atoms with Crippen LogP contribution in [0.2, 0.25) is 0 Å². The second-order valence-corrected chi connectivity index (χ2v) is 6.78. The summed E-state index contributed by atoms with van der Waals surface area (Å²) in [4.78, 5) is 32.3. The first-order chi connectivity index (χ1) is 13.5.